The second-order valence-electron chi connectivity index (χ2n) is 12.9. The van der Waals surface area contributed by atoms with Gasteiger partial charge in [-0.05, 0) is 72.1 Å². The number of hydrogen-bond donors (Lipinski definition) is 0. The second kappa shape index (κ2) is 10.4. The van der Waals surface area contributed by atoms with Gasteiger partial charge in [0, 0.05) is 72.6 Å². The maximum atomic E-state index is 6.36. The van der Waals surface area contributed by atoms with E-state index >= 15 is 0 Å². The van der Waals surface area contributed by atoms with E-state index in [2.05, 4.69) is 155 Å². The normalized spacial score (nSPS) is 12.0. The molecule has 0 amide bonds. The molecule has 3 aromatic heterocycles. The van der Waals surface area contributed by atoms with Crippen molar-refractivity contribution in [3.8, 4) is 5.69 Å². The van der Waals surface area contributed by atoms with Gasteiger partial charge in [0.05, 0.1) is 11.0 Å². The monoisotopic (exact) mass is 640 g/mol. The molecule has 0 radical (unpaired) electrons. The first-order chi connectivity index (χ1) is 24.8. The smallest absolute Gasteiger partial charge is 0.137 e. The van der Waals surface area contributed by atoms with Crippen molar-refractivity contribution < 1.29 is 8.83 Å². The van der Waals surface area contributed by atoms with Crippen molar-refractivity contribution in [1.29, 1.82) is 0 Å². The molecule has 0 unspecified atom stereocenters. The van der Waals surface area contributed by atoms with Crippen LogP contribution in [0.4, 0.5) is 17.1 Å². The maximum Gasteiger partial charge on any atom is 0.137 e. The summed E-state index contributed by atoms with van der Waals surface area (Å²) >= 11 is 0. The molecular weight excluding hydrogens is 613 g/mol. The molecule has 0 fully saturated rings. The first-order valence-electron chi connectivity index (χ1n) is 16.9. The van der Waals surface area contributed by atoms with Crippen molar-refractivity contribution in [2.45, 2.75) is 0 Å². The molecule has 0 N–H and O–H groups in total. The molecule has 11 aromatic rings. The van der Waals surface area contributed by atoms with Crippen LogP contribution < -0.4 is 4.90 Å². The van der Waals surface area contributed by atoms with Crippen LogP contribution in [0.25, 0.3) is 82.1 Å². The fraction of sp³-hybridized carbons (Fsp3) is 0. The van der Waals surface area contributed by atoms with E-state index < -0.39 is 0 Å². The first-order valence-corrected chi connectivity index (χ1v) is 16.9. The average Bonchev–Trinajstić information content (AvgIpc) is 3.84. The summed E-state index contributed by atoms with van der Waals surface area (Å²) < 4.78 is 15.1. The topological polar surface area (TPSA) is 34.5 Å². The fourth-order valence-corrected chi connectivity index (χ4v) is 7.90. The van der Waals surface area contributed by atoms with Crippen molar-refractivity contribution in [3.05, 3.63) is 170 Å². The summed E-state index contributed by atoms with van der Waals surface area (Å²) in [5.74, 6) is 0. The number of para-hydroxylation sites is 3. The van der Waals surface area contributed by atoms with Crippen LogP contribution >= 0.6 is 0 Å². The summed E-state index contributed by atoms with van der Waals surface area (Å²) in [6.07, 6.45) is 0. The van der Waals surface area contributed by atoms with Crippen LogP contribution in [0.15, 0.2) is 179 Å². The van der Waals surface area contributed by atoms with E-state index in [0.29, 0.717) is 0 Å². The molecule has 8 aromatic carbocycles. The SMILES string of the molecule is c1ccc2c(c1)ccc1c3ccccc3n(-c3ccc(N(c4ccc5c(c4)oc4ccccc45)c4ccc5c(c4)oc4ccccc45)cc3)c21. The Balaban J connectivity index is 1.11. The van der Waals surface area contributed by atoms with Gasteiger partial charge in [0.1, 0.15) is 22.3 Å². The number of anilines is 3. The van der Waals surface area contributed by atoms with Crippen molar-refractivity contribution in [1.82, 2.24) is 4.57 Å². The molecule has 0 saturated heterocycles. The van der Waals surface area contributed by atoms with Crippen molar-refractivity contribution in [2.75, 3.05) is 4.90 Å². The molecule has 0 atom stereocenters. The lowest BCUT2D eigenvalue weighted by Crippen LogP contribution is -2.10. The van der Waals surface area contributed by atoms with Gasteiger partial charge in [-0.2, -0.15) is 0 Å². The number of rotatable bonds is 4. The lowest BCUT2D eigenvalue weighted by molar-refractivity contribution is 0.669. The minimum Gasteiger partial charge on any atom is -0.456 e. The van der Waals surface area contributed by atoms with Crippen molar-refractivity contribution in [2.24, 2.45) is 0 Å². The van der Waals surface area contributed by atoms with Crippen LogP contribution in [0.5, 0.6) is 0 Å². The minimum atomic E-state index is 0.854. The molecule has 0 aliphatic carbocycles. The summed E-state index contributed by atoms with van der Waals surface area (Å²) in [4.78, 5) is 2.28. The second-order valence-corrected chi connectivity index (χ2v) is 12.9. The Hall–Kier alpha value is -6.78. The first kappa shape index (κ1) is 27.2. The Kier molecular flexibility index (Phi) is 5.63. The van der Waals surface area contributed by atoms with Gasteiger partial charge in [0.25, 0.3) is 0 Å². The highest BCUT2D eigenvalue weighted by atomic mass is 16.3. The third-order valence-electron chi connectivity index (χ3n) is 10.2. The van der Waals surface area contributed by atoms with Gasteiger partial charge in [-0.1, -0.05) is 91.0 Å². The van der Waals surface area contributed by atoms with Crippen LogP contribution in [0, 0.1) is 0 Å². The Morgan fingerprint density at radius 1 is 0.360 bits per heavy atom. The summed E-state index contributed by atoms with van der Waals surface area (Å²) in [7, 11) is 0. The molecule has 4 heteroatoms. The third-order valence-corrected chi connectivity index (χ3v) is 10.2. The van der Waals surface area contributed by atoms with Gasteiger partial charge >= 0.3 is 0 Å². The number of furan rings is 2. The molecule has 0 aliphatic heterocycles. The highest BCUT2D eigenvalue weighted by Gasteiger charge is 2.19. The van der Waals surface area contributed by atoms with Gasteiger partial charge in [-0.15, -0.1) is 0 Å². The van der Waals surface area contributed by atoms with E-state index in [1.54, 1.807) is 0 Å². The quantitative estimate of drug-likeness (QED) is 0.192. The van der Waals surface area contributed by atoms with E-state index in [1.807, 2.05) is 24.3 Å². The van der Waals surface area contributed by atoms with Crippen LogP contribution in [0.1, 0.15) is 0 Å². The zero-order chi connectivity index (χ0) is 32.8. The molecular formula is C46H28N2O2. The summed E-state index contributed by atoms with van der Waals surface area (Å²) in [6.45, 7) is 0. The maximum absolute atomic E-state index is 6.36. The molecule has 0 aliphatic rings. The van der Waals surface area contributed by atoms with Gasteiger partial charge in [0.15, 0.2) is 0 Å². The highest BCUT2D eigenvalue weighted by molar-refractivity contribution is 6.18. The van der Waals surface area contributed by atoms with Gasteiger partial charge < -0.3 is 18.3 Å². The zero-order valence-electron chi connectivity index (χ0n) is 26.9. The molecule has 0 spiro atoms. The summed E-state index contributed by atoms with van der Waals surface area (Å²) in [6, 6.07) is 60.1. The van der Waals surface area contributed by atoms with E-state index in [4.69, 9.17) is 8.83 Å². The van der Waals surface area contributed by atoms with Crippen LogP contribution in [0.2, 0.25) is 0 Å². The van der Waals surface area contributed by atoms with Gasteiger partial charge in [-0.3, -0.25) is 0 Å². The van der Waals surface area contributed by atoms with Crippen LogP contribution in [-0.2, 0) is 0 Å². The predicted octanol–water partition coefficient (Wildman–Crippen LogP) is 13.2. The summed E-state index contributed by atoms with van der Waals surface area (Å²) in [5.41, 5.74) is 10.0. The summed E-state index contributed by atoms with van der Waals surface area (Å²) in [5, 5.41) is 9.41. The Labute approximate surface area is 286 Å². The lowest BCUT2D eigenvalue weighted by Gasteiger charge is -2.25. The molecule has 0 bridgehead atoms. The van der Waals surface area contributed by atoms with E-state index in [9.17, 15) is 0 Å². The number of fused-ring (bicyclic) bond motifs is 11. The molecule has 11 rings (SSSR count). The van der Waals surface area contributed by atoms with Crippen LogP contribution in [-0.4, -0.2) is 4.57 Å². The molecule has 50 heavy (non-hydrogen) atoms. The molecule has 3 heterocycles. The predicted molar refractivity (Wildman–Crippen MR) is 208 cm³/mol. The zero-order valence-corrected chi connectivity index (χ0v) is 26.9. The van der Waals surface area contributed by atoms with Crippen LogP contribution in [0.3, 0.4) is 0 Å². The van der Waals surface area contributed by atoms with Gasteiger partial charge in [-0.25, -0.2) is 0 Å². The average molecular weight is 641 g/mol. The van der Waals surface area contributed by atoms with E-state index in [1.165, 1.54) is 32.6 Å². The Bertz CT molecular complexity index is 2990. The number of hydrogen-bond acceptors (Lipinski definition) is 3. The largest absolute Gasteiger partial charge is 0.456 e. The van der Waals surface area contributed by atoms with Crippen molar-refractivity contribution >= 4 is 93.5 Å². The van der Waals surface area contributed by atoms with E-state index in [0.717, 1.165) is 66.6 Å². The number of nitrogens with zero attached hydrogens (tertiary/aromatic N) is 2. The van der Waals surface area contributed by atoms with E-state index in [-0.39, 0.29) is 0 Å². The standard InChI is InChI=1S/C46H28N2O2/c1-2-10-34-29(9-1)17-24-40-35-11-3-6-14-41(35)48(46(34)40)31-20-18-30(19-21-31)47(32-22-25-38-36-12-4-7-15-42(36)49-44(38)27-32)33-23-26-39-37-13-5-8-16-43(37)50-45(39)28-33/h1-28H. The Morgan fingerprint density at radius 2 is 0.860 bits per heavy atom. The highest BCUT2D eigenvalue weighted by Crippen LogP contribution is 2.42. The molecule has 0 saturated carbocycles. The fourth-order valence-electron chi connectivity index (χ4n) is 7.90. The number of benzene rings is 8. The van der Waals surface area contributed by atoms with Crippen molar-refractivity contribution in [3.63, 3.8) is 0 Å². The minimum absolute atomic E-state index is 0.854. The van der Waals surface area contributed by atoms with Gasteiger partial charge in [0.2, 0.25) is 0 Å². The molecule has 234 valence electrons. The third kappa shape index (κ3) is 3.93. The molecule has 4 nitrogen and oxygen atoms in total. The number of aromatic nitrogens is 1. The Morgan fingerprint density at radius 3 is 1.52 bits per heavy atom. The lowest BCUT2D eigenvalue weighted by atomic mass is 10.1.